The molecule has 154 valence electrons. The Labute approximate surface area is 172 Å². The molecule has 0 aromatic heterocycles. The zero-order valence-corrected chi connectivity index (χ0v) is 16.9. The van der Waals surface area contributed by atoms with Gasteiger partial charge in [-0.15, -0.1) is 0 Å². The van der Waals surface area contributed by atoms with E-state index in [0.29, 0.717) is 19.4 Å². The quantitative estimate of drug-likeness (QED) is 0.594. The van der Waals surface area contributed by atoms with Gasteiger partial charge in [-0.1, -0.05) is 61.7 Å². The molecule has 2 fully saturated rings. The summed E-state index contributed by atoms with van der Waals surface area (Å²) in [5, 5.41) is 3.11. The van der Waals surface area contributed by atoms with E-state index < -0.39 is 0 Å². The van der Waals surface area contributed by atoms with E-state index in [9.17, 15) is 14.4 Å². The molecule has 0 radical (unpaired) electrons. The summed E-state index contributed by atoms with van der Waals surface area (Å²) in [5.74, 6) is -0.742. The standard InChI is InChI=1S/C24H30N2O3/c27-21(13-16-26-22(28)19-11-5-6-12-20(19)23(26)29)25-17-24(14-7-2-8-15-24)18-9-3-1-4-10-18/h1,3-6,9-10,19-20H,2,7-8,11-17H2,(H,25,27)/t19-,20-/m0/s1. The van der Waals surface area contributed by atoms with Gasteiger partial charge in [0.05, 0.1) is 11.8 Å². The van der Waals surface area contributed by atoms with E-state index in [1.54, 1.807) is 0 Å². The molecule has 1 N–H and O–H groups in total. The number of carbonyl (C=O) groups excluding carboxylic acids is 3. The number of carbonyl (C=O) groups is 3. The molecular formula is C24H30N2O3. The summed E-state index contributed by atoms with van der Waals surface area (Å²) >= 11 is 0. The van der Waals surface area contributed by atoms with Crippen LogP contribution in [-0.4, -0.2) is 35.7 Å². The van der Waals surface area contributed by atoms with Gasteiger partial charge in [0.1, 0.15) is 0 Å². The molecule has 1 aromatic carbocycles. The molecular weight excluding hydrogens is 364 g/mol. The van der Waals surface area contributed by atoms with Crippen LogP contribution in [0.15, 0.2) is 42.5 Å². The predicted molar refractivity (Wildman–Crippen MR) is 111 cm³/mol. The lowest BCUT2D eigenvalue weighted by Crippen LogP contribution is -2.43. The van der Waals surface area contributed by atoms with Crippen molar-refractivity contribution in [3.8, 4) is 0 Å². The number of hydrogen-bond acceptors (Lipinski definition) is 3. The Kier molecular flexibility index (Phi) is 5.84. The zero-order valence-electron chi connectivity index (χ0n) is 16.9. The fraction of sp³-hybridized carbons (Fsp3) is 0.542. The van der Waals surface area contributed by atoms with E-state index in [4.69, 9.17) is 0 Å². The second kappa shape index (κ2) is 8.52. The molecule has 5 heteroatoms. The maximum absolute atomic E-state index is 12.6. The Morgan fingerprint density at radius 1 is 0.966 bits per heavy atom. The highest BCUT2D eigenvalue weighted by atomic mass is 16.2. The minimum atomic E-state index is -0.223. The van der Waals surface area contributed by atoms with Crippen molar-refractivity contribution in [3.05, 3.63) is 48.0 Å². The first-order chi connectivity index (χ1) is 14.1. The smallest absolute Gasteiger partial charge is 0.233 e. The summed E-state index contributed by atoms with van der Waals surface area (Å²) in [5.41, 5.74) is 1.29. The van der Waals surface area contributed by atoms with Gasteiger partial charge in [0.15, 0.2) is 0 Å². The van der Waals surface area contributed by atoms with E-state index in [2.05, 4.69) is 29.6 Å². The first-order valence-corrected chi connectivity index (χ1v) is 10.9. The van der Waals surface area contributed by atoms with Gasteiger partial charge in [-0.25, -0.2) is 0 Å². The topological polar surface area (TPSA) is 66.5 Å². The molecule has 5 nitrogen and oxygen atoms in total. The van der Waals surface area contributed by atoms with Gasteiger partial charge in [-0.05, 0) is 31.2 Å². The molecule has 29 heavy (non-hydrogen) atoms. The monoisotopic (exact) mass is 394 g/mol. The summed E-state index contributed by atoms with van der Waals surface area (Å²) in [6.07, 6.45) is 11.2. The molecule has 2 atom stereocenters. The molecule has 1 saturated heterocycles. The first kappa shape index (κ1) is 19.9. The van der Waals surface area contributed by atoms with Crippen LogP contribution in [0.2, 0.25) is 0 Å². The highest BCUT2D eigenvalue weighted by Crippen LogP contribution is 2.39. The van der Waals surface area contributed by atoms with Crippen LogP contribution in [0.5, 0.6) is 0 Å². The van der Waals surface area contributed by atoms with Crippen molar-refractivity contribution in [1.82, 2.24) is 10.2 Å². The third-order valence-corrected chi connectivity index (χ3v) is 6.98. The summed E-state index contributed by atoms with van der Waals surface area (Å²) in [4.78, 5) is 39.0. The maximum atomic E-state index is 12.6. The van der Waals surface area contributed by atoms with Crippen molar-refractivity contribution in [2.75, 3.05) is 13.1 Å². The first-order valence-electron chi connectivity index (χ1n) is 10.9. The number of imide groups is 1. The van der Waals surface area contributed by atoms with Gasteiger partial charge in [-0.3, -0.25) is 19.3 Å². The number of rotatable bonds is 6. The molecule has 1 aliphatic heterocycles. The molecule has 3 amide bonds. The van der Waals surface area contributed by atoms with Gasteiger partial charge in [-0.2, -0.15) is 0 Å². The average Bonchev–Trinajstić information content (AvgIpc) is 3.02. The SMILES string of the molecule is O=C(CCN1C(=O)[C@H]2CC=CC[C@@H]2C1=O)NCC1(c2ccccc2)CCCCC1. The second-order valence-corrected chi connectivity index (χ2v) is 8.72. The largest absolute Gasteiger partial charge is 0.355 e. The highest BCUT2D eigenvalue weighted by molar-refractivity contribution is 6.05. The Morgan fingerprint density at radius 2 is 1.59 bits per heavy atom. The third-order valence-electron chi connectivity index (χ3n) is 6.98. The van der Waals surface area contributed by atoms with Gasteiger partial charge < -0.3 is 5.32 Å². The molecule has 0 unspecified atom stereocenters. The van der Waals surface area contributed by atoms with Crippen LogP contribution in [0.3, 0.4) is 0 Å². The number of nitrogens with one attached hydrogen (secondary N) is 1. The predicted octanol–water partition coefficient (Wildman–Crippen LogP) is 3.35. The summed E-state index contributed by atoms with van der Waals surface area (Å²) in [6.45, 7) is 0.807. The van der Waals surface area contributed by atoms with Crippen LogP contribution >= 0.6 is 0 Å². The van der Waals surface area contributed by atoms with Crippen LogP contribution in [0.1, 0.15) is 56.9 Å². The third kappa shape index (κ3) is 4.00. The fourth-order valence-electron chi connectivity index (χ4n) is 5.25. The lowest BCUT2D eigenvalue weighted by atomic mass is 9.69. The van der Waals surface area contributed by atoms with E-state index in [1.807, 2.05) is 18.2 Å². The van der Waals surface area contributed by atoms with Gasteiger partial charge in [0.2, 0.25) is 17.7 Å². The molecule has 1 heterocycles. The molecule has 1 saturated carbocycles. The summed E-state index contributed by atoms with van der Waals surface area (Å²) in [7, 11) is 0. The van der Waals surface area contributed by atoms with Gasteiger partial charge in [0, 0.05) is 24.9 Å². The average molecular weight is 395 g/mol. The van der Waals surface area contributed by atoms with Crippen molar-refractivity contribution in [3.63, 3.8) is 0 Å². The molecule has 1 aromatic rings. The van der Waals surface area contributed by atoms with E-state index >= 15 is 0 Å². The van der Waals surface area contributed by atoms with Crippen molar-refractivity contribution < 1.29 is 14.4 Å². The zero-order chi connectivity index (χ0) is 20.3. The number of benzene rings is 1. The molecule has 2 aliphatic carbocycles. The molecule has 0 spiro atoms. The lowest BCUT2D eigenvalue weighted by molar-refractivity contribution is -0.140. The minimum absolute atomic E-state index is 0.00490. The van der Waals surface area contributed by atoms with E-state index in [1.165, 1.54) is 29.7 Å². The van der Waals surface area contributed by atoms with Crippen molar-refractivity contribution in [1.29, 1.82) is 0 Å². The van der Waals surface area contributed by atoms with Crippen LogP contribution in [0, 0.1) is 11.8 Å². The van der Waals surface area contributed by atoms with Crippen LogP contribution in [-0.2, 0) is 19.8 Å². The van der Waals surface area contributed by atoms with E-state index in [0.717, 1.165) is 12.8 Å². The number of hydrogen-bond donors (Lipinski definition) is 1. The number of allylic oxidation sites excluding steroid dienone is 2. The molecule has 0 bridgehead atoms. The Morgan fingerprint density at radius 3 is 2.21 bits per heavy atom. The lowest BCUT2D eigenvalue weighted by Gasteiger charge is -2.38. The van der Waals surface area contributed by atoms with E-state index in [-0.39, 0.29) is 47.9 Å². The Bertz CT molecular complexity index is 770. The number of amides is 3. The summed E-state index contributed by atoms with van der Waals surface area (Å²) < 4.78 is 0. The summed E-state index contributed by atoms with van der Waals surface area (Å²) in [6, 6.07) is 10.5. The normalized spacial score (nSPS) is 25.7. The van der Waals surface area contributed by atoms with Crippen molar-refractivity contribution in [2.24, 2.45) is 11.8 Å². The molecule has 4 rings (SSSR count). The van der Waals surface area contributed by atoms with Crippen LogP contribution in [0.25, 0.3) is 0 Å². The number of likely N-dealkylation sites (tertiary alicyclic amines) is 1. The van der Waals surface area contributed by atoms with Crippen LogP contribution < -0.4 is 5.32 Å². The molecule has 3 aliphatic rings. The Balaban J connectivity index is 1.34. The van der Waals surface area contributed by atoms with Gasteiger partial charge >= 0.3 is 0 Å². The minimum Gasteiger partial charge on any atom is -0.355 e. The number of fused-ring (bicyclic) bond motifs is 1. The Hall–Kier alpha value is -2.43. The number of nitrogens with zero attached hydrogens (tertiary/aromatic N) is 1. The fourth-order valence-corrected chi connectivity index (χ4v) is 5.25. The van der Waals surface area contributed by atoms with Crippen molar-refractivity contribution in [2.45, 2.75) is 56.8 Å². The highest BCUT2D eigenvalue weighted by Gasteiger charge is 2.47. The van der Waals surface area contributed by atoms with Crippen molar-refractivity contribution >= 4 is 17.7 Å². The second-order valence-electron chi connectivity index (χ2n) is 8.72. The van der Waals surface area contributed by atoms with Gasteiger partial charge in [0.25, 0.3) is 0 Å². The maximum Gasteiger partial charge on any atom is 0.233 e. The van der Waals surface area contributed by atoms with Crippen LogP contribution in [0.4, 0.5) is 0 Å².